The first-order valence-corrected chi connectivity index (χ1v) is 10.00. The first-order chi connectivity index (χ1) is 14.4. The number of amides is 3. The van der Waals surface area contributed by atoms with Crippen LogP contribution in [0.1, 0.15) is 40.0 Å². The van der Waals surface area contributed by atoms with Gasteiger partial charge in [0.1, 0.15) is 18.1 Å². The number of carbonyl (C=O) groups excluding carboxylic acids is 3. The van der Waals surface area contributed by atoms with Crippen molar-refractivity contribution in [2.24, 2.45) is 28.1 Å². The molecule has 0 saturated carbocycles. The summed E-state index contributed by atoms with van der Waals surface area (Å²) in [6, 6.07) is -4.51. The summed E-state index contributed by atoms with van der Waals surface area (Å²) in [5.74, 6) is -3.87. The second kappa shape index (κ2) is 14.1. The summed E-state index contributed by atoms with van der Waals surface area (Å²) in [5.41, 5.74) is 15.9. The fraction of sp³-hybridized carbons (Fsp3) is 0.722. The molecule has 0 saturated heterocycles. The number of aliphatic carboxylic acids is 1. The van der Waals surface area contributed by atoms with Crippen LogP contribution in [0.3, 0.4) is 0 Å². The van der Waals surface area contributed by atoms with Crippen molar-refractivity contribution < 1.29 is 29.4 Å². The summed E-state index contributed by atoms with van der Waals surface area (Å²) in [6.07, 6.45) is 0.880. The van der Waals surface area contributed by atoms with Gasteiger partial charge in [0.15, 0.2) is 5.96 Å². The van der Waals surface area contributed by atoms with Crippen molar-refractivity contribution in [1.29, 1.82) is 0 Å². The van der Waals surface area contributed by atoms with Gasteiger partial charge >= 0.3 is 5.97 Å². The summed E-state index contributed by atoms with van der Waals surface area (Å²) >= 11 is 0. The number of nitrogens with two attached hydrogens (primary N) is 3. The number of carboxylic acids is 1. The highest BCUT2D eigenvalue weighted by Gasteiger charge is 2.32. The standard InChI is InChI=1S/C18H35N7O6/c1-4-9(2)13(25-15(28)12(8-26)24-14(27)10(3)19)16(29)23-11(17(30)31)6-5-7-22-18(20)21/h9-13,26H,4-8,19H2,1-3H3,(H,23,29)(H,24,27)(H,25,28)(H,30,31)(H4,20,21,22). The molecule has 5 atom stereocenters. The summed E-state index contributed by atoms with van der Waals surface area (Å²) in [6.45, 7) is 4.40. The topological polar surface area (TPSA) is 235 Å². The minimum absolute atomic E-state index is 0.0722. The highest BCUT2D eigenvalue weighted by Crippen LogP contribution is 2.10. The van der Waals surface area contributed by atoms with E-state index < -0.39 is 54.5 Å². The first kappa shape index (κ1) is 28.1. The lowest BCUT2D eigenvalue weighted by atomic mass is 9.97. The Bertz CT molecular complexity index is 651. The van der Waals surface area contributed by atoms with E-state index in [1.807, 2.05) is 0 Å². The average Bonchev–Trinajstić information content (AvgIpc) is 2.70. The zero-order chi connectivity index (χ0) is 24.1. The van der Waals surface area contributed by atoms with E-state index >= 15 is 0 Å². The van der Waals surface area contributed by atoms with Crippen molar-refractivity contribution in [3.63, 3.8) is 0 Å². The average molecular weight is 446 g/mol. The zero-order valence-corrected chi connectivity index (χ0v) is 18.1. The fourth-order valence-corrected chi connectivity index (χ4v) is 2.48. The van der Waals surface area contributed by atoms with E-state index in [4.69, 9.17) is 17.2 Å². The molecule has 0 aliphatic rings. The number of aliphatic hydroxyl groups excluding tert-OH is 1. The van der Waals surface area contributed by atoms with Crippen LogP contribution < -0.4 is 33.2 Å². The number of hydrogen-bond donors (Lipinski definition) is 8. The van der Waals surface area contributed by atoms with Crippen LogP contribution in [0.2, 0.25) is 0 Å². The van der Waals surface area contributed by atoms with Gasteiger partial charge < -0.3 is 43.4 Å². The normalized spacial score (nSPS) is 15.5. The minimum Gasteiger partial charge on any atom is -0.480 e. The van der Waals surface area contributed by atoms with Gasteiger partial charge in [-0.3, -0.25) is 19.4 Å². The molecular weight excluding hydrogens is 410 g/mol. The van der Waals surface area contributed by atoms with E-state index in [0.717, 1.165) is 0 Å². The zero-order valence-electron chi connectivity index (χ0n) is 18.1. The number of guanidine groups is 1. The Hall–Kier alpha value is -2.93. The SMILES string of the molecule is CCC(C)C(NC(=O)C(CO)NC(=O)C(C)N)C(=O)NC(CCCN=C(N)N)C(=O)O. The Morgan fingerprint density at radius 1 is 0.968 bits per heavy atom. The maximum absolute atomic E-state index is 12.7. The maximum Gasteiger partial charge on any atom is 0.326 e. The van der Waals surface area contributed by atoms with E-state index in [0.29, 0.717) is 12.8 Å². The molecule has 0 rings (SSSR count). The minimum atomic E-state index is -1.31. The number of carbonyl (C=O) groups is 4. The third-order valence-electron chi connectivity index (χ3n) is 4.58. The van der Waals surface area contributed by atoms with Crippen molar-refractivity contribution in [3.8, 4) is 0 Å². The van der Waals surface area contributed by atoms with Crippen molar-refractivity contribution in [2.75, 3.05) is 13.2 Å². The highest BCUT2D eigenvalue weighted by atomic mass is 16.4. The van der Waals surface area contributed by atoms with Gasteiger partial charge in [-0.2, -0.15) is 0 Å². The number of rotatable bonds is 14. The van der Waals surface area contributed by atoms with Gasteiger partial charge in [-0.25, -0.2) is 4.79 Å². The molecule has 0 fully saturated rings. The third kappa shape index (κ3) is 10.6. The van der Waals surface area contributed by atoms with Gasteiger partial charge in [0.05, 0.1) is 12.6 Å². The van der Waals surface area contributed by atoms with E-state index in [1.165, 1.54) is 6.92 Å². The van der Waals surface area contributed by atoms with E-state index in [1.54, 1.807) is 13.8 Å². The fourth-order valence-electron chi connectivity index (χ4n) is 2.48. The van der Waals surface area contributed by atoms with Crippen molar-refractivity contribution in [2.45, 2.75) is 64.2 Å². The van der Waals surface area contributed by atoms with Gasteiger partial charge in [-0.05, 0) is 25.7 Å². The first-order valence-electron chi connectivity index (χ1n) is 10.00. The van der Waals surface area contributed by atoms with Gasteiger partial charge in [-0.1, -0.05) is 20.3 Å². The molecule has 13 nitrogen and oxygen atoms in total. The number of carboxylic acid groups (broad SMARTS) is 1. The molecule has 0 heterocycles. The number of nitrogens with one attached hydrogen (secondary N) is 3. The quantitative estimate of drug-likeness (QED) is 0.0769. The van der Waals surface area contributed by atoms with Crippen LogP contribution in [0.25, 0.3) is 0 Å². The molecule has 13 heteroatoms. The van der Waals surface area contributed by atoms with Crippen LogP contribution >= 0.6 is 0 Å². The Kier molecular flexibility index (Phi) is 12.8. The Morgan fingerprint density at radius 2 is 1.55 bits per heavy atom. The number of hydrogen-bond acceptors (Lipinski definition) is 7. The molecule has 0 bridgehead atoms. The maximum atomic E-state index is 12.7. The van der Waals surface area contributed by atoms with Crippen molar-refractivity contribution >= 4 is 29.7 Å². The lowest BCUT2D eigenvalue weighted by Gasteiger charge is -2.27. The largest absolute Gasteiger partial charge is 0.480 e. The van der Waals surface area contributed by atoms with Crippen LogP contribution in [0.15, 0.2) is 4.99 Å². The number of nitrogens with zero attached hydrogens (tertiary/aromatic N) is 1. The molecule has 31 heavy (non-hydrogen) atoms. The highest BCUT2D eigenvalue weighted by molar-refractivity contribution is 5.94. The monoisotopic (exact) mass is 445 g/mol. The molecule has 3 amide bonds. The molecule has 11 N–H and O–H groups in total. The third-order valence-corrected chi connectivity index (χ3v) is 4.58. The van der Waals surface area contributed by atoms with Gasteiger partial charge in [-0.15, -0.1) is 0 Å². The summed E-state index contributed by atoms with van der Waals surface area (Å²) in [4.78, 5) is 52.2. The Labute approximate surface area is 181 Å². The summed E-state index contributed by atoms with van der Waals surface area (Å²) in [5, 5.41) is 26.0. The van der Waals surface area contributed by atoms with Crippen molar-refractivity contribution in [3.05, 3.63) is 0 Å². The molecule has 0 aliphatic carbocycles. The molecular formula is C18H35N7O6. The second-order valence-corrected chi connectivity index (χ2v) is 7.25. The molecule has 0 radical (unpaired) electrons. The van der Waals surface area contributed by atoms with Crippen LogP contribution in [0, 0.1) is 5.92 Å². The Morgan fingerprint density at radius 3 is 2.00 bits per heavy atom. The van der Waals surface area contributed by atoms with Gasteiger partial charge in [0.2, 0.25) is 17.7 Å². The summed E-state index contributed by atoms with van der Waals surface area (Å²) in [7, 11) is 0. The molecule has 0 spiro atoms. The second-order valence-electron chi connectivity index (χ2n) is 7.25. The summed E-state index contributed by atoms with van der Waals surface area (Å²) < 4.78 is 0. The van der Waals surface area contributed by atoms with Crippen LogP contribution in [0.5, 0.6) is 0 Å². The number of aliphatic imine (C=N–C) groups is 1. The van der Waals surface area contributed by atoms with E-state index in [2.05, 4.69) is 20.9 Å². The van der Waals surface area contributed by atoms with Crippen molar-refractivity contribution in [1.82, 2.24) is 16.0 Å². The lowest BCUT2D eigenvalue weighted by molar-refractivity contribution is -0.143. The Balaban J connectivity index is 5.24. The predicted octanol–water partition coefficient (Wildman–Crippen LogP) is -3.04. The molecule has 0 aromatic heterocycles. The lowest BCUT2D eigenvalue weighted by Crippen LogP contribution is -2.59. The van der Waals surface area contributed by atoms with Gasteiger partial charge in [0, 0.05) is 6.54 Å². The number of aliphatic hydroxyl groups is 1. The molecule has 5 unspecified atom stereocenters. The molecule has 0 aromatic carbocycles. The molecule has 178 valence electrons. The van der Waals surface area contributed by atoms with E-state index in [9.17, 15) is 29.4 Å². The van der Waals surface area contributed by atoms with Crippen LogP contribution in [-0.4, -0.2) is 77.2 Å². The van der Waals surface area contributed by atoms with Crippen LogP contribution in [-0.2, 0) is 19.2 Å². The molecule has 0 aliphatic heterocycles. The smallest absolute Gasteiger partial charge is 0.326 e. The van der Waals surface area contributed by atoms with Gasteiger partial charge in [0.25, 0.3) is 0 Å². The molecule has 0 aromatic rings. The van der Waals surface area contributed by atoms with Crippen LogP contribution in [0.4, 0.5) is 0 Å². The predicted molar refractivity (Wildman–Crippen MR) is 114 cm³/mol. The van der Waals surface area contributed by atoms with E-state index in [-0.39, 0.29) is 24.8 Å².